The molecule has 0 heterocycles. The zero-order valence-electron chi connectivity index (χ0n) is 11.0. The minimum atomic E-state index is -1.00. The van der Waals surface area contributed by atoms with Crippen molar-refractivity contribution in [3.05, 3.63) is 39.7 Å². The zero-order chi connectivity index (χ0) is 14.8. The van der Waals surface area contributed by atoms with Crippen molar-refractivity contribution < 1.29 is 19.2 Å². The summed E-state index contributed by atoms with van der Waals surface area (Å²) in [6, 6.07) is 3.16. The van der Waals surface area contributed by atoms with Gasteiger partial charge in [-0.2, -0.15) is 0 Å². The molecule has 1 rings (SSSR count). The third-order valence-corrected chi connectivity index (χ3v) is 2.94. The molecule has 104 valence electrons. The maximum absolute atomic E-state index is 13.3. The van der Waals surface area contributed by atoms with Gasteiger partial charge in [-0.25, -0.2) is 4.39 Å². The molecule has 1 atom stereocenters. The largest absolute Gasteiger partial charge is 0.481 e. The molecule has 0 spiro atoms. The number of aliphatic carboxylic acids is 1. The smallest absolute Gasteiger partial charge is 0.307 e. The molecule has 19 heavy (non-hydrogen) atoms. The van der Waals surface area contributed by atoms with Crippen molar-refractivity contribution in [1.29, 1.82) is 0 Å². The lowest BCUT2D eigenvalue weighted by Gasteiger charge is -2.27. The highest BCUT2D eigenvalue weighted by Gasteiger charge is 2.31. The predicted molar refractivity (Wildman–Crippen MR) is 67.3 cm³/mol. The van der Waals surface area contributed by atoms with Crippen molar-refractivity contribution >= 4 is 11.7 Å². The van der Waals surface area contributed by atoms with Crippen LogP contribution in [0.25, 0.3) is 0 Å². The van der Waals surface area contributed by atoms with E-state index in [4.69, 9.17) is 0 Å². The third-order valence-electron chi connectivity index (χ3n) is 2.94. The van der Waals surface area contributed by atoms with E-state index in [0.29, 0.717) is 5.56 Å². The molecular weight excluding hydrogens is 253 g/mol. The molecule has 0 saturated carbocycles. The Labute approximate surface area is 110 Å². The van der Waals surface area contributed by atoms with E-state index in [2.05, 4.69) is 0 Å². The lowest BCUT2D eigenvalue weighted by atomic mass is 9.77. The summed E-state index contributed by atoms with van der Waals surface area (Å²) in [6.45, 7) is 5.29. The van der Waals surface area contributed by atoms with E-state index in [1.54, 1.807) is 20.8 Å². The quantitative estimate of drug-likeness (QED) is 0.673. The molecule has 0 amide bonds. The fourth-order valence-corrected chi connectivity index (χ4v) is 1.86. The van der Waals surface area contributed by atoms with Crippen LogP contribution < -0.4 is 0 Å². The Bertz CT molecular complexity index is 508. The first-order chi connectivity index (χ1) is 8.61. The topological polar surface area (TPSA) is 80.4 Å². The first-order valence-electron chi connectivity index (χ1n) is 5.78. The normalized spacial score (nSPS) is 13.1. The van der Waals surface area contributed by atoms with Gasteiger partial charge in [0.2, 0.25) is 0 Å². The van der Waals surface area contributed by atoms with Gasteiger partial charge in [-0.1, -0.05) is 20.8 Å². The number of benzene rings is 1. The van der Waals surface area contributed by atoms with Gasteiger partial charge in [0.05, 0.1) is 16.9 Å². The Hall–Kier alpha value is -1.98. The number of carbonyl (C=O) groups is 1. The number of nitro benzene ring substituents is 1. The van der Waals surface area contributed by atoms with E-state index in [-0.39, 0.29) is 12.1 Å². The second kappa shape index (κ2) is 5.34. The number of carboxylic acid groups (broad SMARTS) is 1. The molecule has 0 aromatic heterocycles. The Morgan fingerprint density at radius 2 is 2.00 bits per heavy atom. The molecule has 0 radical (unpaired) electrons. The van der Waals surface area contributed by atoms with Gasteiger partial charge in [-0.3, -0.25) is 14.9 Å². The van der Waals surface area contributed by atoms with Gasteiger partial charge in [0.1, 0.15) is 5.82 Å². The summed E-state index contributed by atoms with van der Waals surface area (Å²) in [5.41, 5.74) is -0.575. The van der Waals surface area contributed by atoms with E-state index in [1.807, 2.05) is 0 Å². The number of rotatable bonds is 4. The van der Waals surface area contributed by atoms with Gasteiger partial charge in [0, 0.05) is 6.07 Å². The van der Waals surface area contributed by atoms with Gasteiger partial charge in [-0.15, -0.1) is 0 Å². The molecule has 0 bridgehead atoms. The van der Waals surface area contributed by atoms with E-state index in [1.165, 1.54) is 6.07 Å². The summed E-state index contributed by atoms with van der Waals surface area (Å²) in [7, 11) is 0. The number of hydrogen-bond donors (Lipinski definition) is 1. The molecular formula is C13H16FNO4. The van der Waals surface area contributed by atoms with Gasteiger partial charge < -0.3 is 5.11 Å². The van der Waals surface area contributed by atoms with Crippen molar-refractivity contribution in [1.82, 2.24) is 0 Å². The minimum Gasteiger partial charge on any atom is -0.481 e. The second-order valence-electron chi connectivity index (χ2n) is 5.54. The maximum atomic E-state index is 13.3. The van der Waals surface area contributed by atoms with Crippen molar-refractivity contribution in [2.24, 2.45) is 11.3 Å². The van der Waals surface area contributed by atoms with E-state index >= 15 is 0 Å². The lowest BCUT2D eigenvalue weighted by Crippen LogP contribution is -2.30. The summed E-state index contributed by atoms with van der Waals surface area (Å²) < 4.78 is 13.3. The molecule has 1 unspecified atom stereocenters. The van der Waals surface area contributed by atoms with Crippen LogP contribution in [-0.4, -0.2) is 16.0 Å². The van der Waals surface area contributed by atoms with Crippen LogP contribution in [-0.2, 0) is 11.2 Å². The molecule has 1 aromatic carbocycles. The van der Waals surface area contributed by atoms with Crippen LogP contribution in [0.3, 0.4) is 0 Å². The number of halogens is 1. The molecule has 0 aliphatic heterocycles. The van der Waals surface area contributed by atoms with Crippen LogP contribution >= 0.6 is 0 Å². The Morgan fingerprint density at radius 3 is 2.42 bits per heavy atom. The van der Waals surface area contributed by atoms with E-state index in [9.17, 15) is 24.4 Å². The predicted octanol–water partition coefficient (Wildman–Crippen LogP) is 3.02. The minimum absolute atomic E-state index is 0.0530. The molecule has 6 heteroatoms. The lowest BCUT2D eigenvalue weighted by molar-refractivity contribution is -0.385. The first kappa shape index (κ1) is 15.1. The van der Waals surface area contributed by atoms with Crippen LogP contribution in [0.15, 0.2) is 18.2 Å². The maximum Gasteiger partial charge on any atom is 0.307 e. The first-order valence-corrected chi connectivity index (χ1v) is 5.78. The van der Waals surface area contributed by atoms with E-state index in [0.717, 1.165) is 12.1 Å². The van der Waals surface area contributed by atoms with Crippen LogP contribution in [0.4, 0.5) is 10.1 Å². The fraction of sp³-hybridized carbons (Fsp3) is 0.462. The van der Waals surface area contributed by atoms with Crippen molar-refractivity contribution in [3.63, 3.8) is 0 Å². The third kappa shape index (κ3) is 4.01. The van der Waals surface area contributed by atoms with Crippen molar-refractivity contribution in [2.75, 3.05) is 0 Å². The number of nitro groups is 1. The Kier molecular flexibility index (Phi) is 4.24. The van der Waals surface area contributed by atoms with Crippen LogP contribution in [0.5, 0.6) is 0 Å². The number of hydrogen-bond acceptors (Lipinski definition) is 3. The molecule has 1 aromatic rings. The molecule has 0 aliphatic rings. The number of carboxylic acids is 1. The summed E-state index contributed by atoms with van der Waals surface area (Å²) in [5, 5.41) is 19.8. The Balaban J connectivity index is 3.10. The van der Waals surface area contributed by atoms with Crippen molar-refractivity contribution in [2.45, 2.75) is 27.2 Å². The van der Waals surface area contributed by atoms with Gasteiger partial charge in [0.25, 0.3) is 5.69 Å². The second-order valence-corrected chi connectivity index (χ2v) is 5.54. The SMILES string of the molecule is CC(C)(C)C(Cc1cc(F)cc([N+](=O)[O-])c1)C(=O)O. The highest BCUT2D eigenvalue weighted by atomic mass is 19.1. The van der Waals surface area contributed by atoms with Gasteiger partial charge in [0.15, 0.2) is 0 Å². The highest BCUT2D eigenvalue weighted by Crippen LogP contribution is 2.30. The standard InChI is InChI=1S/C13H16FNO4/c1-13(2,3)11(12(16)17)6-8-4-9(14)7-10(5-8)15(18)19/h4-5,7,11H,6H2,1-3H3,(H,16,17). The van der Waals surface area contributed by atoms with Gasteiger partial charge >= 0.3 is 5.97 Å². The summed E-state index contributed by atoms with van der Waals surface area (Å²) in [6.07, 6.45) is 0.0530. The average molecular weight is 269 g/mol. The molecule has 0 saturated heterocycles. The van der Waals surface area contributed by atoms with Crippen LogP contribution in [0.2, 0.25) is 0 Å². The summed E-state index contributed by atoms with van der Waals surface area (Å²) >= 11 is 0. The highest BCUT2D eigenvalue weighted by molar-refractivity contribution is 5.71. The fourth-order valence-electron chi connectivity index (χ4n) is 1.86. The average Bonchev–Trinajstić information content (AvgIpc) is 2.23. The summed E-state index contributed by atoms with van der Waals surface area (Å²) in [4.78, 5) is 21.2. The molecule has 1 N–H and O–H groups in total. The zero-order valence-corrected chi connectivity index (χ0v) is 11.0. The van der Waals surface area contributed by atoms with Gasteiger partial charge in [-0.05, 0) is 23.5 Å². The Morgan fingerprint density at radius 1 is 1.42 bits per heavy atom. The van der Waals surface area contributed by atoms with Crippen LogP contribution in [0.1, 0.15) is 26.3 Å². The number of non-ortho nitro benzene ring substituents is 1. The molecule has 0 aliphatic carbocycles. The summed E-state index contributed by atoms with van der Waals surface area (Å²) in [5.74, 6) is -2.48. The van der Waals surface area contributed by atoms with E-state index < -0.39 is 28.0 Å². The number of nitrogens with zero attached hydrogens (tertiary/aromatic N) is 1. The van der Waals surface area contributed by atoms with Crippen molar-refractivity contribution in [3.8, 4) is 0 Å². The molecule has 5 nitrogen and oxygen atoms in total. The monoisotopic (exact) mass is 269 g/mol. The molecule has 0 fully saturated rings. The van der Waals surface area contributed by atoms with Crippen LogP contribution in [0, 0.1) is 27.3 Å².